The first-order valence-corrected chi connectivity index (χ1v) is 8.99. The molecule has 2 heterocycles. The first kappa shape index (κ1) is 16.5. The van der Waals surface area contributed by atoms with E-state index in [1.165, 1.54) is 4.88 Å². The molecule has 5 nitrogen and oxygen atoms in total. The molecule has 0 unspecified atom stereocenters. The smallest absolute Gasteiger partial charge is 0.315 e. The molecule has 3 rings (SSSR count). The number of aryl methyl sites for hydroxylation is 1. The van der Waals surface area contributed by atoms with Gasteiger partial charge in [-0.2, -0.15) is 0 Å². The third kappa shape index (κ3) is 4.14. The largest absolute Gasteiger partial charge is 0.338 e. The highest BCUT2D eigenvalue weighted by Gasteiger charge is 2.17. The fraction of sp³-hybridized carbons (Fsp3) is 0.333. The number of carbonyl (C=O) groups is 2. The van der Waals surface area contributed by atoms with E-state index in [4.69, 9.17) is 0 Å². The van der Waals surface area contributed by atoms with Gasteiger partial charge in [0.25, 0.3) is 0 Å². The van der Waals surface area contributed by atoms with E-state index in [0.717, 1.165) is 29.7 Å². The Morgan fingerprint density at radius 1 is 1.33 bits per heavy atom. The monoisotopic (exact) mass is 343 g/mol. The van der Waals surface area contributed by atoms with Gasteiger partial charge in [-0.3, -0.25) is 4.79 Å². The van der Waals surface area contributed by atoms with Crippen molar-refractivity contribution in [3.8, 4) is 0 Å². The zero-order valence-corrected chi connectivity index (χ0v) is 14.4. The fourth-order valence-electron chi connectivity index (χ4n) is 2.76. The summed E-state index contributed by atoms with van der Waals surface area (Å²) in [6, 6.07) is 9.75. The van der Waals surface area contributed by atoms with Gasteiger partial charge in [0, 0.05) is 23.5 Å². The molecule has 1 aromatic heterocycles. The van der Waals surface area contributed by atoms with E-state index in [1.807, 2.05) is 30.5 Å². The molecule has 1 aromatic carbocycles. The molecule has 3 amide bonds. The quantitative estimate of drug-likeness (QED) is 0.780. The van der Waals surface area contributed by atoms with Gasteiger partial charge in [-0.15, -0.1) is 11.3 Å². The van der Waals surface area contributed by atoms with Crippen molar-refractivity contribution in [1.29, 1.82) is 0 Å². The molecule has 1 aliphatic rings. The lowest BCUT2D eigenvalue weighted by molar-refractivity contribution is -0.116. The zero-order valence-electron chi connectivity index (χ0n) is 13.6. The van der Waals surface area contributed by atoms with Crippen LogP contribution >= 0.6 is 11.3 Å². The standard InChI is InChI=1S/C18H21N3O2S/c1-12(20-18(23)19-9-8-15-3-2-10-24-15)13-4-6-16-14(11-13)5-7-17(22)21-16/h2-4,6,10-12H,5,7-9H2,1H3,(H,21,22)(H2,19,20,23)/t12-/m0/s1. The number of anilines is 1. The minimum absolute atomic E-state index is 0.0616. The van der Waals surface area contributed by atoms with E-state index >= 15 is 0 Å². The number of benzene rings is 1. The first-order chi connectivity index (χ1) is 11.6. The first-order valence-electron chi connectivity index (χ1n) is 8.11. The van der Waals surface area contributed by atoms with Crippen LogP contribution in [-0.4, -0.2) is 18.5 Å². The molecular weight excluding hydrogens is 322 g/mol. The number of urea groups is 1. The Hall–Kier alpha value is -2.34. The molecule has 0 saturated carbocycles. The number of carbonyl (C=O) groups excluding carboxylic acids is 2. The van der Waals surface area contributed by atoms with E-state index in [1.54, 1.807) is 11.3 Å². The van der Waals surface area contributed by atoms with Gasteiger partial charge in [0.05, 0.1) is 6.04 Å². The van der Waals surface area contributed by atoms with Gasteiger partial charge in [-0.1, -0.05) is 18.2 Å². The van der Waals surface area contributed by atoms with Crippen molar-refractivity contribution >= 4 is 29.0 Å². The van der Waals surface area contributed by atoms with E-state index in [-0.39, 0.29) is 18.0 Å². The molecule has 0 radical (unpaired) electrons. The SMILES string of the molecule is C[C@H](NC(=O)NCCc1cccs1)c1ccc2c(c1)CCC(=O)N2. The third-order valence-corrected chi connectivity index (χ3v) is 5.05. The van der Waals surface area contributed by atoms with Crippen LogP contribution in [0.5, 0.6) is 0 Å². The Morgan fingerprint density at radius 3 is 3.00 bits per heavy atom. The Balaban J connectivity index is 1.51. The normalized spacial score (nSPS) is 14.5. The molecular formula is C18H21N3O2S. The van der Waals surface area contributed by atoms with Crippen LogP contribution in [0, 0.1) is 0 Å². The summed E-state index contributed by atoms with van der Waals surface area (Å²) < 4.78 is 0. The van der Waals surface area contributed by atoms with Crippen LogP contribution in [0.4, 0.5) is 10.5 Å². The summed E-state index contributed by atoms with van der Waals surface area (Å²) >= 11 is 1.70. The molecule has 2 aromatic rings. The molecule has 1 atom stereocenters. The highest BCUT2D eigenvalue weighted by molar-refractivity contribution is 7.09. The van der Waals surface area contributed by atoms with Gasteiger partial charge in [-0.05, 0) is 48.4 Å². The zero-order chi connectivity index (χ0) is 16.9. The molecule has 1 aliphatic heterocycles. The van der Waals surface area contributed by atoms with Crippen molar-refractivity contribution in [2.24, 2.45) is 0 Å². The van der Waals surface area contributed by atoms with Gasteiger partial charge in [0.1, 0.15) is 0 Å². The average Bonchev–Trinajstić information content (AvgIpc) is 3.07. The van der Waals surface area contributed by atoms with Crippen LogP contribution < -0.4 is 16.0 Å². The lowest BCUT2D eigenvalue weighted by atomic mass is 9.98. The maximum atomic E-state index is 12.0. The van der Waals surface area contributed by atoms with E-state index in [9.17, 15) is 9.59 Å². The predicted octanol–water partition coefficient (Wildman–Crippen LogP) is 3.24. The molecule has 6 heteroatoms. The predicted molar refractivity (Wildman–Crippen MR) is 96.4 cm³/mol. The number of hydrogen-bond acceptors (Lipinski definition) is 3. The topological polar surface area (TPSA) is 70.2 Å². The molecule has 0 fully saturated rings. The average molecular weight is 343 g/mol. The molecule has 126 valence electrons. The highest BCUT2D eigenvalue weighted by Crippen LogP contribution is 2.26. The lowest BCUT2D eigenvalue weighted by Crippen LogP contribution is -2.38. The second-order valence-corrected chi connectivity index (χ2v) is 6.95. The van der Waals surface area contributed by atoms with Gasteiger partial charge in [-0.25, -0.2) is 4.79 Å². The van der Waals surface area contributed by atoms with Crippen LogP contribution in [0.25, 0.3) is 0 Å². The Labute approximate surface area is 145 Å². The Morgan fingerprint density at radius 2 is 2.21 bits per heavy atom. The van der Waals surface area contributed by atoms with Crippen molar-refractivity contribution in [1.82, 2.24) is 10.6 Å². The van der Waals surface area contributed by atoms with Crippen LogP contribution in [0.15, 0.2) is 35.7 Å². The summed E-state index contributed by atoms with van der Waals surface area (Å²) in [7, 11) is 0. The summed E-state index contributed by atoms with van der Waals surface area (Å²) in [5.74, 6) is 0.0616. The second-order valence-electron chi connectivity index (χ2n) is 5.92. The molecule has 0 saturated heterocycles. The van der Waals surface area contributed by atoms with Crippen molar-refractivity contribution in [2.75, 3.05) is 11.9 Å². The molecule has 0 spiro atoms. The van der Waals surface area contributed by atoms with Crippen LogP contribution in [-0.2, 0) is 17.6 Å². The number of amides is 3. The number of hydrogen-bond donors (Lipinski definition) is 3. The van der Waals surface area contributed by atoms with Crippen molar-refractivity contribution in [3.05, 3.63) is 51.7 Å². The van der Waals surface area contributed by atoms with Crippen LogP contribution in [0.2, 0.25) is 0 Å². The van der Waals surface area contributed by atoms with Gasteiger partial charge >= 0.3 is 6.03 Å². The summed E-state index contributed by atoms with van der Waals surface area (Å²) in [6.45, 7) is 2.58. The summed E-state index contributed by atoms with van der Waals surface area (Å²) in [4.78, 5) is 24.7. The second kappa shape index (κ2) is 7.49. The molecule has 24 heavy (non-hydrogen) atoms. The maximum absolute atomic E-state index is 12.0. The Bertz CT molecular complexity index is 728. The van der Waals surface area contributed by atoms with Crippen molar-refractivity contribution in [2.45, 2.75) is 32.2 Å². The Kier molecular flexibility index (Phi) is 5.15. The van der Waals surface area contributed by atoms with E-state index in [2.05, 4.69) is 28.1 Å². The molecule has 0 aliphatic carbocycles. The highest BCUT2D eigenvalue weighted by atomic mass is 32.1. The number of nitrogens with one attached hydrogen (secondary N) is 3. The summed E-state index contributed by atoms with van der Waals surface area (Å²) in [5, 5.41) is 10.8. The summed E-state index contributed by atoms with van der Waals surface area (Å²) in [6.07, 6.45) is 2.11. The summed E-state index contributed by atoms with van der Waals surface area (Å²) in [5.41, 5.74) is 3.04. The van der Waals surface area contributed by atoms with Gasteiger partial charge in [0.15, 0.2) is 0 Å². The van der Waals surface area contributed by atoms with Crippen molar-refractivity contribution in [3.63, 3.8) is 0 Å². The van der Waals surface area contributed by atoms with Crippen LogP contribution in [0.1, 0.15) is 35.4 Å². The lowest BCUT2D eigenvalue weighted by Gasteiger charge is -2.20. The van der Waals surface area contributed by atoms with Crippen LogP contribution in [0.3, 0.4) is 0 Å². The number of rotatable bonds is 5. The van der Waals surface area contributed by atoms with Crippen molar-refractivity contribution < 1.29 is 9.59 Å². The van der Waals surface area contributed by atoms with Gasteiger partial charge in [0.2, 0.25) is 5.91 Å². The minimum Gasteiger partial charge on any atom is -0.338 e. The third-order valence-electron chi connectivity index (χ3n) is 4.11. The van der Waals surface area contributed by atoms with E-state index in [0.29, 0.717) is 13.0 Å². The maximum Gasteiger partial charge on any atom is 0.315 e. The number of fused-ring (bicyclic) bond motifs is 1. The van der Waals surface area contributed by atoms with Gasteiger partial charge < -0.3 is 16.0 Å². The fourth-order valence-corrected chi connectivity index (χ4v) is 3.47. The minimum atomic E-state index is -0.162. The number of thiophene rings is 1. The van der Waals surface area contributed by atoms with E-state index < -0.39 is 0 Å². The molecule has 3 N–H and O–H groups in total. The molecule has 0 bridgehead atoms.